The number of anilines is 1. The zero-order valence-corrected chi connectivity index (χ0v) is 16.4. The van der Waals surface area contributed by atoms with Gasteiger partial charge in [-0.2, -0.15) is 0 Å². The molecule has 3 aromatic rings. The molecule has 0 aliphatic carbocycles. The zero-order valence-electron chi connectivity index (χ0n) is 15.7. The first kappa shape index (κ1) is 20.3. The van der Waals surface area contributed by atoms with Crippen LogP contribution in [0.4, 0.5) is 14.5 Å². The summed E-state index contributed by atoms with van der Waals surface area (Å²) in [6, 6.07) is 7.86. The molecule has 2 unspecified atom stereocenters. The largest absolute Gasteiger partial charge is 0.477 e. The molecule has 2 aromatic carbocycles. The van der Waals surface area contributed by atoms with E-state index < -0.39 is 28.6 Å². The monoisotopic (exact) mass is 433 g/mol. The summed E-state index contributed by atoms with van der Waals surface area (Å²) in [4.78, 5) is 26.0. The molecule has 3 N–H and O–H groups in total. The van der Waals surface area contributed by atoms with Crippen LogP contribution in [0.5, 0.6) is 0 Å². The van der Waals surface area contributed by atoms with Gasteiger partial charge in [0.05, 0.1) is 16.6 Å². The molecule has 1 saturated heterocycles. The SMILES string of the molecule is NCC1CN(c2cc3c(cc2F)c(=O)c(C(=O)O)cn3-c2ccc(F)cc2)CC1Cl. The van der Waals surface area contributed by atoms with Gasteiger partial charge in [-0.3, -0.25) is 4.79 Å². The van der Waals surface area contributed by atoms with Gasteiger partial charge < -0.3 is 20.3 Å². The van der Waals surface area contributed by atoms with Gasteiger partial charge in [0.25, 0.3) is 0 Å². The van der Waals surface area contributed by atoms with Gasteiger partial charge in [0, 0.05) is 36.3 Å². The zero-order chi connectivity index (χ0) is 21.6. The summed E-state index contributed by atoms with van der Waals surface area (Å²) in [5.41, 5.74) is 5.40. The van der Waals surface area contributed by atoms with E-state index in [1.807, 2.05) is 0 Å². The number of carbonyl (C=O) groups is 1. The third-order valence-electron chi connectivity index (χ3n) is 5.41. The van der Waals surface area contributed by atoms with Crippen LogP contribution in [0.3, 0.4) is 0 Å². The van der Waals surface area contributed by atoms with E-state index in [1.54, 1.807) is 4.90 Å². The Morgan fingerprint density at radius 3 is 2.50 bits per heavy atom. The maximum Gasteiger partial charge on any atom is 0.341 e. The van der Waals surface area contributed by atoms with E-state index in [2.05, 4.69) is 0 Å². The Morgan fingerprint density at radius 1 is 1.20 bits per heavy atom. The fraction of sp³-hybridized carbons (Fsp3) is 0.238. The van der Waals surface area contributed by atoms with Crippen molar-refractivity contribution >= 4 is 34.2 Å². The summed E-state index contributed by atoms with van der Waals surface area (Å²) in [5, 5.41) is 9.10. The van der Waals surface area contributed by atoms with Crippen molar-refractivity contribution in [1.82, 2.24) is 4.57 Å². The van der Waals surface area contributed by atoms with Crippen LogP contribution in [0.1, 0.15) is 10.4 Å². The molecule has 6 nitrogen and oxygen atoms in total. The number of nitrogens with two attached hydrogens (primary N) is 1. The Balaban J connectivity index is 1.97. The lowest BCUT2D eigenvalue weighted by Crippen LogP contribution is -2.24. The van der Waals surface area contributed by atoms with Crippen molar-refractivity contribution in [2.24, 2.45) is 11.7 Å². The van der Waals surface area contributed by atoms with Crippen LogP contribution in [-0.2, 0) is 0 Å². The van der Waals surface area contributed by atoms with Gasteiger partial charge in [-0.15, -0.1) is 11.6 Å². The highest BCUT2D eigenvalue weighted by molar-refractivity contribution is 6.21. The number of fused-ring (bicyclic) bond motifs is 1. The van der Waals surface area contributed by atoms with Crippen LogP contribution in [0.15, 0.2) is 47.4 Å². The third-order valence-corrected chi connectivity index (χ3v) is 5.91. The number of carboxylic acids is 1. The molecule has 0 saturated carbocycles. The number of hydrogen-bond donors (Lipinski definition) is 2. The second kappa shape index (κ2) is 7.70. The second-order valence-corrected chi connectivity index (χ2v) is 7.82. The van der Waals surface area contributed by atoms with Crippen molar-refractivity contribution in [3.05, 3.63) is 70.0 Å². The van der Waals surface area contributed by atoms with Crippen molar-refractivity contribution in [2.45, 2.75) is 5.38 Å². The van der Waals surface area contributed by atoms with E-state index in [-0.39, 0.29) is 22.4 Å². The summed E-state index contributed by atoms with van der Waals surface area (Å²) in [5.74, 6) is -2.56. The molecule has 4 rings (SSSR count). The molecule has 0 spiro atoms. The lowest BCUT2D eigenvalue weighted by molar-refractivity contribution is 0.0695. The number of aromatic carboxylic acids is 1. The van der Waals surface area contributed by atoms with E-state index >= 15 is 0 Å². The van der Waals surface area contributed by atoms with Crippen LogP contribution in [0.25, 0.3) is 16.6 Å². The molecule has 2 atom stereocenters. The maximum absolute atomic E-state index is 15.0. The number of hydrogen-bond acceptors (Lipinski definition) is 4. The van der Waals surface area contributed by atoms with Crippen molar-refractivity contribution in [1.29, 1.82) is 0 Å². The molecule has 156 valence electrons. The summed E-state index contributed by atoms with van der Waals surface area (Å²) in [6.45, 7) is 1.21. The van der Waals surface area contributed by atoms with Crippen LogP contribution >= 0.6 is 11.6 Å². The Bertz CT molecular complexity index is 1200. The molecule has 1 fully saturated rings. The van der Waals surface area contributed by atoms with Gasteiger partial charge in [0.15, 0.2) is 0 Å². The van der Waals surface area contributed by atoms with Crippen LogP contribution in [0.2, 0.25) is 0 Å². The van der Waals surface area contributed by atoms with Crippen molar-refractivity contribution < 1.29 is 18.7 Å². The highest BCUT2D eigenvalue weighted by Gasteiger charge is 2.32. The number of halogens is 3. The summed E-state index contributed by atoms with van der Waals surface area (Å²) < 4.78 is 29.8. The minimum atomic E-state index is -1.43. The smallest absolute Gasteiger partial charge is 0.341 e. The number of rotatable bonds is 4. The number of carboxylic acid groups (broad SMARTS) is 1. The molecule has 1 aliphatic rings. The van der Waals surface area contributed by atoms with Crippen LogP contribution < -0.4 is 16.1 Å². The predicted octanol–water partition coefficient (Wildman–Crippen LogP) is 2.97. The Hall–Kier alpha value is -2.97. The Morgan fingerprint density at radius 2 is 1.90 bits per heavy atom. The lowest BCUT2D eigenvalue weighted by Gasteiger charge is -2.21. The first-order valence-electron chi connectivity index (χ1n) is 9.27. The lowest BCUT2D eigenvalue weighted by atomic mass is 10.1. The normalized spacial score (nSPS) is 18.9. The fourth-order valence-electron chi connectivity index (χ4n) is 3.79. The highest BCUT2D eigenvalue weighted by atomic mass is 35.5. The van der Waals surface area contributed by atoms with E-state index in [4.69, 9.17) is 17.3 Å². The third kappa shape index (κ3) is 3.42. The van der Waals surface area contributed by atoms with E-state index in [0.29, 0.717) is 30.8 Å². The van der Waals surface area contributed by atoms with Gasteiger partial charge in [-0.25, -0.2) is 13.6 Å². The molecule has 30 heavy (non-hydrogen) atoms. The van der Waals surface area contributed by atoms with E-state index in [9.17, 15) is 23.5 Å². The quantitative estimate of drug-likeness (QED) is 0.617. The number of benzene rings is 2. The minimum absolute atomic E-state index is 0.00422. The van der Waals surface area contributed by atoms with Crippen molar-refractivity contribution in [3.8, 4) is 5.69 Å². The number of aromatic nitrogens is 1. The standard InChI is InChI=1S/C21H18ClF2N3O3/c22-16-10-26(8-11(16)7-25)19-6-18-14(5-17(19)24)20(28)15(21(29)30)9-27(18)13-3-1-12(23)2-4-13/h1-6,9,11,16H,7-8,10,25H2,(H,29,30). The van der Waals surface area contributed by atoms with Gasteiger partial charge in [-0.05, 0) is 42.9 Å². The molecule has 0 radical (unpaired) electrons. The van der Waals surface area contributed by atoms with E-state index in [1.165, 1.54) is 41.1 Å². The van der Waals surface area contributed by atoms with Gasteiger partial charge in [0.1, 0.15) is 17.2 Å². The number of nitrogens with zero attached hydrogens (tertiary/aromatic N) is 2. The van der Waals surface area contributed by atoms with Gasteiger partial charge >= 0.3 is 5.97 Å². The first-order chi connectivity index (χ1) is 14.3. The van der Waals surface area contributed by atoms with E-state index in [0.717, 1.165) is 6.07 Å². The minimum Gasteiger partial charge on any atom is -0.477 e. The molecule has 1 aliphatic heterocycles. The van der Waals surface area contributed by atoms with Crippen molar-refractivity contribution in [2.75, 3.05) is 24.5 Å². The molecule has 9 heteroatoms. The topological polar surface area (TPSA) is 88.6 Å². The first-order valence-corrected chi connectivity index (χ1v) is 9.71. The predicted molar refractivity (Wildman–Crippen MR) is 111 cm³/mol. The fourth-order valence-corrected chi connectivity index (χ4v) is 4.14. The second-order valence-electron chi connectivity index (χ2n) is 7.26. The molecule has 2 heterocycles. The molecular weight excluding hydrogens is 416 g/mol. The van der Waals surface area contributed by atoms with Crippen molar-refractivity contribution in [3.63, 3.8) is 0 Å². The van der Waals surface area contributed by atoms with Crippen LogP contribution in [0, 0.1) is 17.6 Å². The summed E-state index contributed by atoms with van der Waals surface area (Å²) >= 11 is 6.32. The number of alkyl halides is 1. The molecule has 0 amide bonds. The van der Waals surface area contributed by atoms with Gasteiger partial charge in [-0.1, -0.05) is 0 Å². The summed E-state index contributed by atoms with van der Waals surface area (Å²) in [7, 11) is 0. The van der Waals surface area contributed by atoms with Gasteiger partial charge in [0.2, 0.25) is 5.43 Å². The summed E-state index contributed by atoms with van der Waals surface area (Å²) in [6.07, 6.45) is 1.17. The Labute approximate surface area is 175 Å². The Kier molecular flexibility index (Phi) is 5.21. The highest BCUT2D eigenvalue weighted by Crippen LogP contribution is 2.32. The maximum atomic E-state index is 15.0. The molecule has 0 bridgehead atoms. The average molecular weight is 434 g/mol. The molecule has 1 aromatic heterocycles. The number of pyridine rings is 1. The van der Waals surface area contributed by atoms with Crippen LogP contribution in [-0.4, -0.2) is 40.7 Å². The molecular formula is C21H18ClF2N3O3. The average Bonchev–Trinajstić information content (AvgIpc) is 3.09.